The molecule has 0 saturated carbocycles. The molecule has 0 aromatic rings. The topological polar surface area (TPSA) is 95.9 Å². The van der Waals surface area contributed by atoms with Crippen LogP contribution in [0.4, 0.5) is 0 Å². The van der Waals surface area contributed by atoms with E-state index in [4.69, 9.17) is 4.74 Å². The number of carbonyl (C=O) groups is 2. The lowest BCUT2D eigenvalue weighted by Gasteiger charge is -2.22. The highest BCUT2D eigenvalue weighted by Gasteiger charge is 2.20. The highest BCUT2D eigenvalue weighted by atomic mass is 16.5. The highest BCUT2D eigenvalue weighted by molar-refractivity contribution is 5.76. The van der Waals surface area contributed by atoms with Gasteiger partial charge in [0.25, 0.3) is 0 Å². The number of aliphatic hydroxyl groups is 2. The Kier molecular flexibility index (Phi) is 57.5. The maximum Gasteiger partial charge on any atom is 0.305 e. The Morgan fingerprint density at radius 2 is 0.681 bits per heavy atom. The first-order chi connectivity index (χ1) is 34.0. The molecule has 0 spiro atoms. The Labute approximate surface area is 431 Å². The monoisotopic (exact) mass is 972 g/mol. The van der Waals surface area contributed by atoms with E-state index < -0.39 is 12.1 Å². The predicted octanol–water partition coefficient (Wildman–Crippen LogP) is 19.4. The van der Waals surface area contributed by atoms with Gasteiger partial charge in [-0.1, -0.05) is 269 Å². The molecule has 0 radical (unpaired) electrons. The minimum atomic E-state index is -0.682. The van der Waals surface area contributed by atoms with Crippen LogP contribution in [0.2, 0.25) is 0 Å². The Morgan fingerprint density at radius 1 is 0.391 bits per heavy atom. The van der Waals surface area contributed by atoms with Crippen LogP contribution in [-0.4, -0.2) is 47.4 Å². The van der Waals surface area contributed by atoms with E-state index in [9.17, 15) is 19.8 Å². The number of hydrogen-bond acceptors (Lipinski definition) is 5. The Bertz CT molecular complexity index is 1080. The van der Waals surface area contributed by atoms with E-state index in [1.165, 1.54) is 231 Å². The van der Waals surface area contributed by atoms with Crippen molar-refractivity contribution in [1.29, 1.82) is 0 Å². The van der Waals surface area contributed by atoms with E-state index >= 15 is 0 Å². The third kappa shape index (κ3) is 55.5. The average molecular weight is 973 g/mol. The lowest BCUT2D eigenvalue weighted by Crippen LogP contribution is -2.45. The fourth-order valence-corrected chi connectivity index (χ4v) is 9.69. The molecular weight excluding hydrogens is 851 g/mol. The highest BCUT2D eigenvalue weighted by Crippen LogP contribution is 2.18. The van der Waals surface area contributed by atoms with Crippen molar-refractivity contribution in [3.05, 3.63) is 24.3 Å². The first-order valence-electron chi connectivity index (χ1n) is 31.1. The quantitative estimate of drug-likeness (QED) is 0.0321. The van der Waals surface area contributed by atoms with Gasteiger partial charge in [0, 0.05) is 12.8 Å². The number of rotatable bonds is 58. The molecule has 3 N–H and O–H groups in total. The van der Waals surface area contributed by atoms with E-state index in [2.05, 4.69) is 43.5 Å². The minimum absolute atomic E-state index is 0.0291. The Hall–Kier alpha value is -1.66. The zero-order valence-electron chi connectivity index (χ0n) is 46.6. The van der Waals surface area contributed by atoms with Crippen molar-refractivity contribution < 1.29 is 24.5 Å². The summed E-state index contributed by atoms with van der Waals surface area (Å²) < 4.78 is 5.46. The van der Waals surface area contributed by atoms with Gasteiger partial charge in [-0.2, -0.15) is 0 Å². The molecule has 0 aliphatic carbocycles. The number of carbonyl (C=O) groups excluding carboxylic acids is 2. The molecule has 0 aromatic carbocycles. The van der Waals surface area contributed by atoms with Gasteiger partial charge < -0.3 is 20.3 Å². The SMILES string of the molecule is CCCCCCCCC/C=C\CCCCCCCC(=O)OCCCCC/C=C\CCCCCCCC(=O)NC(CO)C(O)CCCCCCCCCCCCCCCCCCCCCCCCCC. The van der Waals surface area contributed by atoms with Crippen molar-refractivity contribution in [2.75, 3.05) is 13.2 Å². The zero-order valence-corrected chi connectivity index (χ0v) is 46.6. The van der Waals surface area contributed by atoms with Gasteiger partial charge in [0.05, 0.1) is 25.4 Å². The van der Waals surface area contributed by atoms with E-state index in [0.29, 0.717) is 25.9 Å². The maximum absolute atomic E-state index is 12.5. The van der Waals surface area contributed by atoms with Crippen LogP contribution in [0, 0.1) is 0 Å². The molecule has 0 aliphatic rings. The lowest BCUT2D eigenvalue weighted by atomic mass is 10.0. The molecule has 1 amide bonds. The number of allylic oxidation sites excluding steroid dienone is 4. The summed E-state index contributed by atoms with van der Waals surface area (Å²) in [5.41, 5.74) is 0. The Balaban J connectivity index is 3.48. The van der Waals surface area contributed by atoms with Crippen LogP contribution < -0.4 is 5.32 Å². The molecule has 0 fully saturated rings. The molecule has 408 valence electrons. The average Bonchev–Trinajstić information content (AvgIpc) is 3.35. The summed E-state index contributed by atoms with van der Waals surface area (Å²) in [6.07, 6.45) is 71.8. The predicted molar refractivity (Wildman–Crippen MR) is 301 cm³/mol. The lowest BCUT2D eigenvalue weighted by molar-refractivity contribution is -0.143. The van der Waals surface area contributed by atoms with Gasteiger partial charge in [-0.25, -0.2) is 0 Å². The second-order valence-electron chi connectivity index (χ2n) is 21.4. The van der Waals surface area contributed by atoms with Crippen LogP contribution in [0.1, 0.15) is 341 Å². The molecule has 0 bridgehead atoms. The smallest absolute Gasteiger partial charge is 0.305 e. The number of nitrogens with one attached hydrogen (secondary N) is 1. The molecule has 6 heteroatoms. The summed E-state index contributed by atoms with van der Waals surface area (Å²) in [5, 5.41) is 23.4. The summed E-state index contributed by atoms with van der Waals surface area (Å²) in [4.78, 5) is 24.6. The minimum Gasteiger partial charge on any atom is -0.466 e. The fourth-order valence-electron chi connectivity index (χ4n) is 9.69. The first-order valence-corrected chi connectivity index (χ1v) is 31.1. The van der Waals surface area contributed by atoms with Crippen molar-refractivity contribution in [1.82, 2.24) is 5.32 Å². The number of esters is 1. The van der Waals surface area contributed by atoms with Crippen LogP contribution in [0.25, 0.3) is 0 Å². The van der Waals surface area contributed by atoms with E-state index in [1.54, 1.807) is 0 Å². The van der Waals surface area contributed by atoms with Gasteiger partial charge in [-0.05, 0) is 83.5 Å². The third-order valence-electron chi connectivity index (χ3n) is 14.5. The normalized spacial score (nSPS) is 12.7. The van der Waals surface area contributed by atoms with Crippen LogP contribution in [-0.2, 0) is 14.3 Å². The van der Waals surface area contributed by atoms with Crippen molar-refractivity contribution in [3.8, 4) is 0 Å². The summed E-state index contributed by atoms with van der Waals surface area (Å²) in [7, 11) is 0. The van der Waals surface area contributed by atoms with Crippen molar-refractivity contribution in [2.24, 2.45) is 0 Å². The molecule has 0 aromatic heterocycles. The largest absolute Gasteiger partial charge is 0.466 e. The summed E-state index contributed by atoms with van der Waals surface area (Å²) >= 11 is 0. The molecule has 2 unspecified atom stereocenters. The number of unbranched alkanes of at least 4 members (excludes halogenated alkanes) is 43. The second kappa shape index (κ2) is 58.9. The molecule has 0 aliphatic heterocycles. The van der Waals surface area contributed by atoms with Crippen molar-refractivity contribution >= 4 is 11.9 Å². The van der Waals surface area contributed by atoms with Gasteiger partial charge in [0.2, 0.25) is 5.91 Å². The molecule has 6 nitrogen and oxygen atoms in total. The fraction of sp³-hybridized carbons (Fsp3) is 0.905. The van der Waals surface area contributed by atoms with Gasteiger partial charge in [-0.3, -0.25) is 9.59 Å². The first kappa shape index (κ1) is 67.3. The van der Waals surface area contributed by atoms with Gasteiger partial charge >= 0.3 is 5.97 Å². The van der Waals surface area contributed by atoms with Crippen LogP contribution in [0.15, 0.2) is 24.3 Å². The molecule has 0 saturated heterocycles. The van der Waals surface area contributed by atoms with Crippen LogP contribution >= 0.6 is 0 Å². The summed E-state index contributed by atoms with van der Waals surface area (Å²) in [5.74, 6) is -0.0868. The standard InChI is InChI=1S/C63H121NO5/c1-3-5-7-9-11-13-15-17-19-21-22-23-24-25-26-27-28-29-31-35-39-43-47-51-55-61(66)60(59-65)64-62(67)56-52-48-44-40-36-33-34-38-42-46-50-54-58-69-63(68)57-53-49-45-41-37-32-30-20-18-16-14-12-10-8-6-4-2/h20,30,34,38,60-61,65-66H,3-19,21-29,31-33,35-37,39-59H2,1-2H3,(H,64,67)/b30-20-,38-34-. The second-order valence-corrected chi connectivity index (χ2v) is 21.4. The van der Waals surface area contributed by atoms with Crippen molar-refractivity contribution in [2.45, 2.75) is 353 Å². The number of aliphatic hydroxyl groups excluding tert-OH is 2. The number of ether oxygens (including phenoxy) is 1. The van der Waals surface area contributed by atoms with Gasteiger partial charge in [-0.15, -0.1) is 0 Å². The molecule has 69 heavy (non-hydrogen) atoms. The molecule has 0 rings (SSSR count). The summed E-state index contributed by atoms with van der Waals surface area (Å²) in [6, 6.07) is -0.562. The van der Waals surface area contributed by atoms with Gasteiger partial charge in [0.15, 0.2) is 0 Å². The van der Waals surface area contributed by atoms with Crippen LogP contribution in [0.3, 0.4) is 0 Å². The number of hydrogen-bond donors (Lipinski definition) is 3. The third-order valence-corrected chi connectivity index (χ3v) is 14.5. The van der Waals surface area contributed by atoms with Crippen molar-refractivity contribution in [3.63, 3.8) is 0 Å². The van der Waals surface area contributed by atoms with Gasteiger partial charge in [0.1, 0.15) is 0 Å². The molecule has 0 heterocycles. The zero-order chi connectivity index (χ0) is 50.0. The van der Waals surface area contributed by atoms with Crippen LogP contribution in [0.5, 0.6) is 0 Å². The maximum atomic E-state index is 12.5. The van der Waals surface area contributed by atoms with E-state index in [0.717, 1.165) is 77.0 Å². The number of amides is 1. The summed E-state index contributed by atoms with van der Waals surface area (Å²) in [6.45, 7) is 4.91. The Morgan fingerprint density at radius 3 is 1.03 bits per heavy atom. The molecular formula is C63H121NO5. The molecule has 2 atom stereocenters. The van der Waals surface area contributed by atoms with E-state index in [-0.39, 0.29) is 18.5 Å². The van der Waals surface area contributed by atoms with E-state index in [1.807, 2.05) is 0 Å².